The van der Waals surface area contributed by atoms with Gasteiger partial charge in [-0.05, 0) is 56.4 Å². The third-order valence-corrected chi connectivity index (χ3v) is 7.26. The van der Waals surface area contributed by atoms with Crippen molar-refractivity contribution in [1.29, 1.82) is 0 Å². The molecule has 2 aliphatic heterocycles. The minimum Gasteiger partial charge on any atom is -0.354 e. The molecule has 0 aliphatic carbocycles. The molecule has 2 aliphatic rings. The van der Waals surface area contributed by atoms with E-state index in [1.54, 1.807) is 0 Å². The lowest BCUT2D eigenvalue weighted by molar-refractivity contribution is -0.126. The van der Waals surface area contributed by atoms with Crippen molar-refractivity contribution in [3.8, 4) is 11.3 Å². The number of nitrogens with zero attached hydrogens (tertiary/aromatic N) is 4. The van der Waals surface area contributed by atoms with Gasteiger partial charge < -0.3 is 10.2 Å². The molecular weight excluding hydrogens is 434 g/mol. The Bertz CT molecular complexity index is 1110. The average molecular weight is 470 g/mol. The van der Waals surface area contributed by atoms with Gasteiger partial charge in [0.1, 0.15) is 0 Å². The quantitative estimate of drug-likeness (QED) is 0.578. The fourth-order valence-corrected chi connectivity index (χ4v) is 5.25. The zero-order valence-corrected chi connectivity index (χ0v) is 20.6. The summed E-state index contributed by atoms with van der Waals surface area (Å²) in [6.07, 6.45) is 3.96. The molecule has 1 atom stereocenters. The number of hydrogen-bond acceptors (Lipinski definition) is 5. The summed E-state index contributed by atoms with van der Waals surface area (Å²) in [7, 11) is 0. The third-order valence-electron chi connectivity index (χ3n) is 7.26. The first-order valence-corrected chi connectivity index (χ1v) is 12.9. The Morgan fingerprint density at radius 1 is 0.943 bits per heavy atom. The van der Waals surface area contributed by atoms with Crippen LogP contribution >= 0.6 is 0 Å². The molecule has 0 unspecified atom stereocenters. The number of piperidine rings is 2. The maximum atomic E-state index is 13.1. The molecule has 0 bridgehead atoms. The summed E-state index contributed by atoms with van der Waals surface area (Å²) in [6, 6.07) is 23.3. The maximum absolute atomic E-state index is 13.1. The molecule has 1 N–H and O–H groups in total. The largest absolute Gasteiger partial charge is 0.354 e. The predicted molar refractivity (Wildman–Crippen MR) is 140 cm³/mol. The summed E-state index contributed by atoms with van der Waals surface area (Å²) in [4.78, 5) is 17.8. The smallest absolute Gasteiger partial charge is 0.225 e. The van der Waals surface area contributed by atoms with Crippen molar-refractivity contribution in [3.05, 3.63) is 77.9 Å². The molecule has 0 saturated carbocycles. The number of rotatable bonds is 6. The number of carbonyl (C=O) groups is 1. The predicted octanol–water partition coefficient (Wildman–Crippen LogP) is 4.45. The highest BCUT2D eigenvalue weighted by atomic mass is 16.2. The minimum atomic E-state index is 0.00403. The van der Waals surface area contributed by atoms with Gasteiger partial charge in [0.2, 0.25) is 5.91 Å². The van der Waals surface area contributed by atoms with E-state index < -0.39 is 0 Å². The second-order valence-electron chi connectivity index (χ2n) is 9.98. The van der Waals surface area contributed by atoms with Gasteiger partial charge in [0.15, 0.2) is 5.82 Å². The van der Waals surface area contributed by atoms with Crippen LogP contribution in [0.1, 0.15) is 36.8 Å². The summed E-state index contributed by atoms with van der Waals surface area (Å²) in [5.41, 5.74) is 4.52. The molecule has 2 aromatic carbocycles. The number of nitrogens with one attached hydrogen (secondary N) is 1. The minimum absolute atomic E-state index is 0.00403. The molecule has 1 aromatic heterocycles. The van der Waals surface area contributed by atoms with Crippen LogP contribution in [0.4, 0.5) is 5.82 Å². The van der Waals surface area contributed by atoms with Gasteiger partial charge in [0.25, 0.3) is 0 Å². The molecule has 0 radical (unpaired) electrons. The number of hydrogen-bond donors (Lipinski definition) is 1. The van der Waals surface area contributed by atoms with Crippen LogP contribution in [0.15, 0.2) is 66.7 Å². The highest BCUT2D eigenvalue weighted by molar-refractivity contribution is 5.80. The van der Waals surface area contributed by atoms with Gasteiger partial charge in [-0.2, -0.15) is 0 Å². The van der Waals surface area contributed by atoms with E-state index in [1.165, 1.54) is 11.1 Å². The van der Waals surface area contributed by atoms with E-state index in [9.17, 15) is 4.79 Å². The van der Waals surface area contributed by atoms with Crippen molar-refractivity contribution in [2.75, 3.05) is 31.1 Å². The number of likely N-dealkylation sites (tertiary alicyclic amines) is 1. The molecule has 35 heavy (non-hydrogen) atoms. The Labute approximate surface area is 208 Å². The molecule has 182 valence electrons. The zero-order valence-electron chi connectivity index (χ0n) is 20.6. The molecule has 1 amide bonds. The standard InChI is InChI=1S/C29H35N5O/c1-22-7-5-10-24(19-22)27-12-13-28(32-31-27)34-16-6-11-25(21-34)29(35)30-26-14-17-33(18-15-26)20-23-8-3-2-4-9-23/h2-5,7-10,12-13,19,25-26H,6,11,14-18,20-21H2,1H3,(H,30,35)/t25-/m0/s1. The van der Waals surface area contributed by atoms with Crippen LogP contribution in [0.5, 0.6) is 0 Å². The van der Waals surface area contributed by atoms with Crippen molar-refractivity contribution < 1.29 is 4.79 Å². The van der Waals surface area contributed by atoms with E-state index in [0.29, 0.717) is 6.54 Å². The lowest BCUT2D eigenvalue weighted by atomic mass is 9.95. The first-order valence-electron chi connectivity index (χ1n) is 12.9. The molecule has 2 saturated heterocycles. The lowest BCUT2D eigenvalue weighted by Gasteiger charge is -2.35. The second kappa shape index (κ2) is 11.0. The van der Waals surface area contributed by atoms with E-state index in [-0.39, 0.29) is 17.9 Å². The average Bonchev–Trinajstić information content (AvgIpc) is 2.90. The van der Waals surface area contributed by atoms with Crippen LogP contribution in [-0.2, 0) is 11.3 Å². The van der Waals surface area contributed by atoms with Gasteiger partial charge >= 0.3 is 0 Å². The zero-order chi connectivity index (χ0) is 24.0. The molecule has 2 fully saturated rings. The summed E-state index contributed by atoms with van der Waals surface area (Å²) in [5, 5.41) is 12.3. The van der Waals surface area contributed by atoms with Crippen LogP contribution < -0.4 is 10.2 Å². The summed E-state index contributed by atoms with van der Waals surface area (Å²) in [5.74, 6) is 1.05. The molecular formula is C29H35N5O. The lowest BCUT2D eigenvalue weighted by Crippen LogP contribution is -2.49. The summed E-state index contributed by atoms with van der Waals surface area (Å²) >= 11 is 0. The first-order chi connectivity index (χ1) is 17.1. The number of carbonyl (C=O) groups excluding carboxylic acids is 1. The van der Waals surface area contributed by atoms with Gasteiger partial charge in [0.05, 0.1) is 11.6 Å². The van der Waals surface area contributed by atoms with Crippen LogP contribution in [-0.4, -0.2) is 53.2 Å². The fourth-order valence-electron chi connectivity index (χ4n) is 5.25. The molecule has 0 spiro atoms. The van der Waals surface area contributed by atoms with Crippen molar-refractivity contribution >= 4 is 11.7 Å². The van der Waals surface area contributed by atoms with Crippen LogP contribution in [0.25, 0.3) is 11.3 Å². The van der Waals surface area contributed by atoms with E-state index in [2.05, 4.69) is 80.8 Å². The number of aryl methyl sites for hydroxylation is 1. The Morgan fingerprint density at radius 3 is 2.51 bits per heavy atom. The molecule has 5 rings (SSSR count). The van der Waals surface area contributed by atoms with Crippen molar-refractivity contribution in [3.63, 3.8) is 0 Å². The second-order valence-corrected chi connectivity index (χ2v) is 9.98. The number of aromatic nitrogens is 2. The molecule has 6 nitrogen and oxygen atoms in total. The van der Waals surface area contributed by atoms with Gasteiger partial charge in [-0.15, -0.1) is 10.2 Å². The Morgan fingerprint density at radius 2 is 1.77 bits per heavy atom. The number of amides is 1. The van der Waals surface area contributed by atoms with Gasteiger partial charge in [-0.3, -0.25) is 9.69 Å². The Kier molecular flexibility index (Phi) is 7.38. The molecule has 3 heterocycles. The third kappa shape index (κ3) is 6.06. The number of anilines is 1. The highest BCUT2D eigenvalue weighted by Crippen LogP contribution is 2.24. The van der Waals surface area contributed by atoms with Crippen molar-refractivity contribution in [1.82, 2.24) is 20.4 Å². The summed E-state index contributed by atoms with van der Waals surface area (Å²) < 4.78 is 0. The highest BCUT2D eigenvalue weighted by Gasteiger charge is 2.29. The molecule has 3 aromatic rings. The Balaban J connectivity index is 1.12. The number of benzene rings is 2. The first kappa shape index (κ1) is 23.5. The van der Waals surface area contributed by atoms with Crippen molar-refractivity contribution in [2.24, 2.45) is 5.92 Å². The monoisotopic (exact) mass is 469 g/mol. The van der Waals surface area contributed by atoms with E-state index in [4.69, 9.17) is 0 Å². The fraction of sp³-hybridized carbons (Fsp3) is 0.414. The normalized spacial score (nSPS) is 19.5. The van der Waals surface area contributed by atoms with Crippen LogP contribution in [0.3, 0.4) is 0 Å². The van der Waals surface area contributed by atoms with E-state index in [1.807, 2.05) is 18.2 Å². The van der Waals surface area contributed by atoms with Crippen molar-refractivity contribution in [2.45, 2.75) is 45.2 Å². The van der Waals surface area contributed by atoms with E-state index >= 15 is 0 Å². The summed E-state index contributed by atoms with van der Waals surface area (Å²) in [6.45, 7) is 6.75. The topological polar surface area (TPSA) is 61.4 Å². The SMILES string of the molecule is Cc1cccc(-c2ccc(N3CCC[C@H](C(=O)NC4CCN(Cc5ccccc5)CC4)C3)nn2)c1. The van der Waals surface area contributed by atoms with Gasteiger partial charge in [0, 0.05) is 44.3 Å². The van der Waals surface area contributed by atoms with Crippen LogP contribution in [0, 0.1) is 12.8 Å². The van der Waals surface area contributed by atoms with Gasteiger partial charge in [-0.1, -0.05) is 54.1 Å². The molecule has 6 heteroatoms. The van der Waals surface area contributed by atoms with E-state index in [0.717, 1.165) is 68.9 Å². The van der Waals surface area contributed by atoms with Crippen LogP contribution in [0.2, 0.25) is 0 Å². The Hall–Kier alpha value is -3.25. The van der Waals surface area contributed by atoms with Gasteiger partial charge in [-0.25, -0.2) is 0 Å². The maximum Gasteiger partial charge on any atom is 0.225 e.